The maximum absolute atomic E-state index is 6.02. The largest absolute Gasteiger partial charge is 0.488 e. The fourth-order valence-electron chi connectivity index (χ4n) is 2.30. The van der Waals surface area contributed by atoms with Gasteiger partial charge in [0.15, 0.2) is 0 Å². The van der Waals surface area contributed by atoms with Gasteiger partial charge in [-0.05, 0) is 42.3 Å². The van der Waals surface area contributed by atoms with Crippen molar-refractivity contribution in [1.29, 1.82) is 0 Å². The van der Waals surface area contributed by atoms with E-state index in [4.69, 9.17) is 9.15 Å². The van der Waals surface area contributed by atoms with Gasteiger partial charge in [-0.2, -0.15) is 0 Å². The molecule has 0 aliphatic rings. The summed E-state index contributed by atoms with van der Waals surface area (Å²) in [6, 6.07) is 20.0. The van der Waals surface area contributed by atoms with Gasteiger partial charge in [0.05, 0.1) is 5.56 Å². The summed E-state index contributed by atoms with van der Waals surface area (Å²) in [5.41, 5.74) is 3.11. The van der Waals surface area contributed by atoms with Gasteiger partial charge in [0, 0.05) is 0 Å². The second-order valence-electron chi connectivity index (χ2n) is 5.14. The van der Waals surface area contributed by atoms with Crippen LogP contribution >= 0.6 is 0 Å². The lowest BCUT2D eigenvalue weighted by Gasteiger charge is -2.11. The SMILES string of the molecule is C=Cc1ccc(-c2ccc(C)o2)c(OCc2ccccc2)c1. The Balaban J connectivity index is 1.91. The van der Waals surface area contributed by atoms with E-state index in [-0.39, 0.29) is 0 Å². The van der Waals surface area contributed by atoms with Crippen molar-refractivity contribution in [3.05, 3.63) is 84.1 Å². The van der Waals surface area contributed by atoms with Crippen LogP contribution < -0.4 is 4.74 Å². The summed E-state index contributed by atoms with van der Waals surface area (Å²) in [6.07, 6.45) is 1.81. The van der Waals surface area contributed by atoms with E-state index in [0.717, 1.165) is 34.0 Å². The molecule has 3 rings (SSSR count). The Hall–Kier alpha value is -2.74. The van der Waals surface area contributed by atoms with Crippen LogP contribution in [0, 0.1) is 6.92 Å². The van der Waals surface area contributed by atoms with E-state index >= 15 is 0 Å². The molecule has 1 heterocycles. The third-order valence-corrected chi connectivity index (χ3v) is 3.48. The van der Waals surface area contributed by atoms with Crippen LogP contribution in [-0.4, -0.2) is 0 Å². The molecule has 22 heavy (non-hydrogen) atoms. The van der Waals surface area contributed by atoms with Crippen molar-refractivity contribution in [2.24, 2.45) is 0 Å². The van der Waals surface area contributed by atoms with Crippen LogP contribution in [0.15, 0.2) is 71.7 Å². The standard InChI is InChI=1S/C20H18O2/c1-3-16-10-11-18(19-12-9-15(2)22-19)20(13-16)21-14-17-7-5-4-6-8-17/h3-13H,1,14H2,2H3. The molecule has 2 nitrogen and oxygen atoms in total. The Kier molecular flexibility index (Phi) is 4.10. The lowest BCUT2D eigenvalue weighted by Crippen LogP contribution is -1.97. The normalized spacial score (nSPS) is 10.4. The molecule has 0 saturated heterocycles. The highest BCUT2D eigenvalue weighted by Gasteiger charge is 2.11. The first kappa shape index (κ1) is 14.2. The fraction of sp³-hybridized carbons (Fsp3) is 0.100. The van der Waals surface area contributed by atoms with Crippen molar-refractivity contribution >= 4 is 6.08 Å². The molecule has 0 fully saturated rings. The first-order chi connectivity index (χ1) is 10.8. The van der Waals surface area contributed by atoms with E-state index < -0.39 is 0 Å². The molecule has 3 aromatic rings. The van der Waals surface area contributed by atoms with Crippen molar-refractivity contribution in [3.8, 4) is 17.1 Å². The molecule has 0 bridgehead atoms. The lowest BCUT2D eigenvalue weighted by atomic mass is 10.1. The van der Waals surface area contributed by atoms with E-state index in [0.29, 0.717) is 6.61 Å². The van der Waals surface area contributed by atoms with Gasteiger partial charge >= 0.3 is 0 Å². The summed E-state index contributed by atoms with van der Waals surface area (Å²) in [4.78, 5) is 0. The summed E-state index contributed by atoms with van der Waals surface area (Å²) in [6.45, 7) is 6.28. The molecular formula is C20H18O2. The molecule has 0 saturated carbocycles. The average Bonchev–Trinajstić information content (AvgIpc) is 3.00. The predicted molar refractivity (Wildman–Crippen MR) is 89.7 cm³/mol. The second-order valence-corrected chi connectivity index (χ2v) is 5.14. The first-order valence-electron chi connectivity index (χ1n) is 7.26. The molecule has 2 heteroatoms. The van der Waals surface area contributed by atoms with Crippen LogP contribution in [0.1, 0.15) is 16.9 Å². The zero-order valence-electron chi connectivity index (χ0n) is 12.6. The molecule has 0 unspecified atom stereocenters. The van der Waals surface area contributed by atoms with Gasteiger partial charge in [0.25, 0.3) is 0 Å². The molecular weight excluding hydrogens is 272 g/mol. The van der Waals surface area contributed by atoms with Gasteiger partial charge in [0.2, 0.25) is 0 Å². The number of hydrogen-bond donors (Lipinski definition) is 0. The fourth-order valence-corrected chi connectivity index (χ4v) is 2.30. The number of ether oxygens (including phenoxy) is 1. The number of benzene rings is 2. The second kappa shape index (κ2) is 6.35. The smallest absolute Gasteiger partial charge is 0.137 e. The highest BCUT2D eigenvalue weighted by atomic mass is 16.5. The van der Waals surface area contributed by atoms with Gasteiger partial charge in [0.1, 0.15) is 23.9 Å². The molecule has 0 radical (unpaired) electrons. The summed E-state index contributed by atoms with van der Waals surface area (Å²) >= 11 is 0. The summed E-state index contributed by atoms with van der Waals surface area (Å²) < 4.78 is 11.8. The topological polar surface area (TPSA) is 22.4 Å². The third kappa shape index (κ3) is 3.12. The number of hydrogen-bond acceptors (Lipinski definition) is 2. The van der Waals surface area contributed by atoms with Crippen molar-refractivity contribution < 1.29 is 9.15 Å². The first-order valence-corrected chi connectivity index (χ1v) is 7.26. The van der Waals surface area contributed by atoms with Crippen molar-refractivity contribution in [3.63, 3.8) is 0 Å². The minimum absolute atomic E-state index is 0.522. The maximum atomic E-state index is 6.02. The Morgan fingerprint density at radius 3 is 2.55 bits per heavy atom. The zero-order chi connectivity index (χ0) is 15.4. The predicted octanol–water partition coefficient (Wildman–Crippen LogP) is 5.48. The Labute approximate surface area is 130 Å². The maximum Gasteiger partial charge on any atom is 0.137 e. The van der Waals surface area contributed by atoms with E-state index in [9.17, 15) is 0 Å². The highest BCUT2D eigenvalue weighted by Crippen LogP contribution is 2.33. The van der Waals surface area contributed by atoms with Gasteiger partial charge in [-0.1, -0.05) is 49.1 Å². The summed E-state index contributed by atoms with van der Waals surface area (Å²) in [5, 5.41) is 0. The van der Waals surface area contributed by atoms with Gasteiger partial charge in [-0.15, -0.1) is 0 Å². The van der Waals surface area contributed by atoms with Crippen LogP contribution in [0.2, 0.25) is 0 Å². The summed E-state index contributed by atoms with van der Waals surface area (Å²) in [7, 11) is 0. The van der Waals surface area contributed by atoms with E-state index in [1.54, 1.807) is 0 Å². The molecule has 1 aromatic heterocycles. The highest BCUT2D eigenvalue weighted by molar-refractivity contribution is 5.69. The minimum Gasteiger partial charge on any atom is -0.488 e. The Bertz CT molecular complexity index is 769. The number of aryl methyl sites for hydroxylation is 1. The molecule has 0 aliphatic carbocycles. The van der Waals surface area contributed by atoms with Crippen molar-refractivity contribution in [2.45, 2.75) is 13.5 Å². The van der Waals surface area contributed by atoms with Gasteiger partial charge < -0.3 is 9.15 Å². The Morgan fingerprint density at radius 1 is 1.05 bits per heavy atom. The molecule has 2 aromatic carbocycles. The van der Waals surface area contributed by atoms with Crippen LogP contribution in [0.3, 0.4) is 0 Å². The van der Waals surface area contributed by atoms with E-state index in [1.807, 2.05) is 73.7 Å². The quantitative estimate of drug-likeness (QED) is 0.621. The summed E-state index contributed by atoms with van der Waals surface area (Å²) in [5.74, 6) is 2.50. The average molecular weight is 290 g/mol. The van der Waals surface area contributed by atoms with E-state index in [2.05, 4.69) is 6.58 Å². The molecule has 0 amide bonds. The zero-order valence-corrected chi connectivity index (χ0v) is 12.6. The van der Waals surface area contributed by atoms with Crippen LogP contribution in [0.25, 0.3) is 17.4 Å². The van der Waals surface area contributed by atoms with Crippen LogP contribution in [-0.2, 0) is 6.61 Å². The van der Waals surface area contributed by atoms with Crippen LogP contribution in [0.4, 0.5) is 0 Å². The molecule has 0 spiro atoms. The van der Waals surface area contributed by atoms with Crippen molar-refractivity contribution in [2.75, 3.05) is 0 Å². The number of rotatable bonds is 5. The number of furan rings is 1. The molecule has 110 valence electrons. The lowest BCUT2D eigenvalue weighted by molar-refractivity contribution is 0.306. The van der Waals surface area contributed by atoms with Gasteiger partial charge in [-0.25, -0.2) is 0 Å². The minimum atomic E-state index is 0.522. The molecule has 0 N–H and O–H groups in total. The molecule has 0 aliphatic heterocycles. The van der Waals surface area contributed by atoms with E-state index in [1.165, 1.54) is 0 Å². The van der Waals surface area contributed by atoms with Crippen molar-refractivity contribution in [1.82, 2.24) is 0 Å². The van der Waals surface area contributed by atoms with Gasteiger partial charge in [-0.3, -0.25) is 0 Å². The Morgan fingerprint density at radius 2 is 1.86 bits per heavy atom. The third-order valence-electron chi connectivity index (χ3n) is 3.48. The van der Waals surface area contributed by atoms with Crippen LogP contribution in [0.5, 0.6) is 5.75 Å². The molecule has 0 atom stereocenters. The monoisotopic (exact) mass is 290 g/mol.